The Kier molecular flexibility index (Phi) is 6.01. The van der Waals surface area contributed by atoms with Crippen LogP contribution in [0.3, 0.4) is 0 Å². The molecule has 7 nitrogen and oxygen atoms in total. The first kappa shape index (κ1) is 23.7. The monoisotopic (exact) mass is 521 g/mol. The summed E-state index contributed by atoms with van der Waals surface area (Å²) < 4.78 is 18.2. The molecule has 188 valence electrons. The Morgan fingerprint density at radius 2 is 1.66 bits per heavy atom. The van der Waals surface area contributed by atoms with Crippen molar-refractivity contribution in [3.8, 4) is 23.0 Å². The molecule has 0 aliphatic carbocycles. The third-order valence-corrected chi connectivity index (χ3v) is 7.49. The summed E-state index contributed by atoms with van der Waals surface area (Å²) in [5.74, 6) is 2.26. The maximum Gasteiger partial charge on any atom is 0.258 e. The molecule has 4 aromatic carbocycles. The Labute approximate surface area is 222 Å². The van der Waals surface area contributed by atoms with Gasteiger partial charge >= 0.3 is 0 Å². The van der Waals surface area contributed by atoms with Gasteiger partial charge in [-0.05, 0) is 65.7 Å². The number of carbonyl (C=O) groups is 1. The number of rotatable bonds is 6. The van der Waals surface area contributed by atoms with Crippen LogP contribution in [0.5, 0.6) is 23.0 Å². The summed E-state index contributed by atoms with van der Waals surface area (Å²) in [5.41, 5.74) is 3.31. The highest BCUT2D eigenvalue weighted by molar-refractivity contribution is 7.22. The molecule has 0 fully saturated rings. The molecule has 6 rings (SSSR count). The molecule has 0 unspecified atom stereocenters. The van der Waals surface area contributed by atoms with Gasteiger partial charge in [0.1, 0.15) is 11.5 Å². The average molecular weight is 522 g/mol. The maximum absolute atomic E-state index is 13.2. The van der Waals surface area contributed by atoms with Crippen molar-refractivity contribution in [2.24, 2.45) is 0 Å². The Bertz CT molecular complexity index is 1850. The third-order valence-electron chi connectivity index (χ3n) is 6.36. The summed E-state index contributed by atoms with van der Waals surface area (Å²) >= 11 is 1.48. The van der Waals surface area contributed by atoms with Gasteiger partial charge in [0.05, 0.1) is 30.0 Å². The van der Waals surface area contributed by atoms with Crippen LogP contribution < -0.4 is 19.5 Å². The van der Waals surface area contributed by atoms with Crippen LogP contribution >= 0.6 is 11.3 Å². The van der Waals surface area contributed by atoms with E-state index in [0.29, 0.717) is 33.7 Å². The van der Waals surface area contributed by atoms with Crippen LogP contribution in [-0.4, -0.2) is 30.1 Å². The van der Waals surface area contributed by atoms with E-state index in [1.165, 1.54) is 11.3 Å². The van der Waals surface area contributed by atoms with Crippen LogP contribution in [0.25, 0.3) is 31.9 Å². The van der Waals surface area contributed by atoms with E-state index in [9.17, 15) is 4.79 Å². The largest absolute Gasteiger partial charge is 0.493 e. The van der Waals surface area contributed by atoms with Crippen molar-refractivity contribution < 1.29 is 19.0 Å². The number of nitrogens with zero attached hydrogens (tertiary/aromatic N) is 2. The Morgan fingerprint density at radius 1 is 0.842 bits per heavy atom. The minimum Gasteiger partial charge on any atom is -0.493 e. The zero-order valence-corrected chi connectivity index (χ0v) is 21.8. The molecule has 0 radical (unpaired) electrons. The summed E-state index contributed by atoms with van der Waals surface area (Å²) in [6, 6.07) is 22.7. The smallest absolute Gasteiger partial charge is 0.258 e. The molecule has 0 saturated carbocycles. The molecule has 6 aromatic rings. The highest BCUT2D eigenvalue weighted by Gasteiger charge is 2.15. The summed E-state index contributed by atoms with van der Waals surface area (Å²) in [4.78, 5) is 22.2. The lowest BCUT2D eigenvalue weighted by Crippen LogP contribution is -2.12. The number of anilines is 1. The minimum absolute atomic E-state index is 0.206. The number of pyridine rings is 1. The van der Waals surface area contributed by atoms with Crippen molar-refractivity contribution in [2.45, 2.75) is 6.92 Å². The Balaban J connectivity index is 1.31. The predicted molar refractivity (Wildman–Crippen MR) is 151 cm³/mol. The number of amides is 1. The molecular formula is C30H23N3O4S. The van der Waals surface area contributed by atoms with Crippen LogP contribution in [0.4, 0.5) is 5.13 Å². The van der Waals surface area contributed by atoms with E-state index in [1.54, 1.807) is 20.4 Å². The molecule has 1 amide bonds. The lowest BCUT2D eigenvalue weighted by molar-refractivity contribution is 0.102. The van der Waals surface area contributed by atoms with E-state index in [0.717, 1.165) is 37.5 Å². The highest BCUT2D eigenvalue weighted by Crippen LogP contribution is 2.37. The standard InChI is InChI=1S/C30H23N3O4S/c1-17-6-4-9-23-28(17)38-30(32-23)33-29(34)21-8-5-7-18-14-19(10-11-20(18)21)37-25-12-13-31-24-16-27(36-3)26(35-2)15-22(24)25/h4-16H,1-3H3,(H,32,33,34). The SMILES string of the molecule is COc1cc2nccc(Oc3ccc4c(C(=O)Nc5nc6cccc(C)c6s5)cccc4c3)c2cc1OC. The number of aromatic nitrogens is 2. The molecule has 0 spiro atoms. The van der Waals surface area contributed by atoms with E-state index < -0.39 is 0 Å². The normalized spacial score (nSPS) is 11.1. The van der Waals surface area contributed by atoms with E-state index in [-0.39, 0.29) is 5.91 Å². The number of ether oxygens (including phenoxy) is 3. The van der Waals surface area contributed by atoms with Gasteiger partial charge in [-0.1, -0.05) is 35.6 Å². The molecular weight excluding hydrogens is 498 g/mol. The van der Waals surface area contributed by atoms with Gasteiger partial charge in [0.25, 0.3) is 5.91 Å². The van der Waals surface area contributed by atoms with Gasteiger partial charge in [-0.2, -0.15) is 0 Å². The van der Waals surface area contributed by atoms with Gasteiger partial charge < -0.3 is 14.2 Å². The van der Waals surface area contributed by atoms with Gasteiger partial charge in [0.2, 0.25) is 0 Å². The molecule has 2 aromatic heterocycles. The number of thiazole rings is 1. The molecule has 8 heteroatoms. The maximum atomic E-state index is 13.2. The molecule has 0 aliphatic heterocycles. The molecule has 38 heavy (non-hydrogen) atoms. The first-order chi connectivity index (χ1) is 18.5. The van der Waals surface area contributed by atoms with Crippen molar-refractivity contribution in [1.29, 1.82) is 0 Å². The highest BCUT2D eigenvalue weighted by atomic mass is 32.1. The molecule has 0 aliphatic rings. The van der Waals surface area contributed by atoms with Crippen molar-refractivity contribution in [1.82, 2.24) is 9.97 Å². The van der Waals surface area contributed by atoms with Crippen LogP contribution in [0.2, 0.25) is 0 Å². The summed E-state index contributed by atoms with van der Waals surface area (Å²) in [6.07, 6.45) is 1.69. The minimum atomic E-state index is -0.206. The van der Waals surface area contributed by atoms with Crippen LogP contribution in [0, 0.1) is 6.92 Å². The zero-order valence-electron chi connectivity index (χ0n) is 20.9. The van der Waals surface area contributed by atoms with Crippen LogP contribution in [0.15, 0.2) is 79.0 Å². The van der Waals surface area contributed by atoms with Crippen molar-refractivity contribution in [3.63, 3.8) is 0 Å². The number of aryl methyl sites for hydroxylation is 1. The average Bonchev–Trinajstić information content (AvgIpc) is 3.35. The predicted octanol–water partition coefficient (Wildman–Crippen LogP) is 7.37. The second-order valence-corrected chi connectivity index (χ2v) is 9.72. The summed E-state index contributed by atoms with van der Waals surface area (Å²) in [6.45, 7) is 2.04. The first-order valence-electron chi connectivity index (χ1n) is 11.9. The van der Waals surface area contributed by atoms with Crippen molar-refractivity contribution >= 4 is 54.3 Å². The fourth-order valence-corrected chi connectivity index (χ4v) is 5.42. The summed E-state index contributed by atoms with van der Waals surface area (Å²) in [5, 5.41) is 6.04. The molecule has 2 heterocycles. The Hall–Kier alpha value is -4.69. The first-order valence-corrected chi connectivity index (χ1v) is 12.7. The van der Waals surface area contributed by atoms with E-state index >= 15 is 0 Å². The second kappa shape index (κ2) is 9.64. The number of benzene rings is 4. The fourth-order valence-electron chi connectivity index (χ4n) is 4.49. The van der Waals surface area contributed by atoms with Gasteiger partial charge in [-0.25, -0.2) is 4.98 Å². The molecule has 0 saturated heterocycles. The van der Waals surface area contributed by atoms with E-state index in [1.807, 2.05) is 79.7 Å². The number of nitrogens with one attached hydrogen (secondary N) is 1. The number of carbonyl (C=O) groups excluding carboxylic acids is 1. The lowest BCUT2D eigenvalue weighted by Gasteiger charge is -2.13. The van der Waals surface area contributed by atoms with Gasteiger partial charge in [-0.3, -0.25) is 15.1 Å². The quantitative estimate of drug-likeness (QED) is 0.246. The van der Waals surface area contributed by atoms with Gasteiger partial charge in [0.15, 0.2) is 16.6 Å². The van der Waals surface area contributed by atoms with Gasteiger partial charge in [0, 0.05) is 23.2 Å². The zero-order chi connectivity index (χ0) is 26.2. The fraction of sp³-hybridized carbons (Fsp3) is 0.100. The van der Waals surface area contributed by atoms with E-state index in [2.05, 4.69) is 15.3 Å². The second-order valence-electron chi connectivity index (χ2n) is 8.72. The lowest BCUT2D eigenvalue weighted by atomic mass is 10.0. The van der Waals surface area contributed by atoms with Gasteiger partial charge in [-0.15, -0.1) is 0 Å². The topological polar surface area (TPSA) is 82.6 Å². The number of hydrogen-bond donors (Lipinski definition) is 1. The van der Waals surface area contributed by atoms with Crippen LogP contribution in [-0.2, 0) is 0 Å². The third kappa shape index (κ3) is 4.25. The molecule has 1 N–H and O–H groups in total. The van der Waals surface area contributed by atoms with Crippen LogP contribution in [0.1, 0.15) is 15.9 Å². The Morgan fingerprint density at radius 3 is 2.47 bits per heavy atom. The molecule has 0 bridgehead atoms. The number of hydrogen-bond acceptors (Lipinski definition) is 7. The number of methoxy groups -OCH3 is 2. The summed E-state index contributed by atoms with van der Waals surface area (Å²) in [7, 11) is 3.18. The van der Waals surface area contributed by atoms with E-state index in [4.69, 9.17) is 14.2 Å². The van der Waals surface area contributed by atoms with Crippen molar-refractivity contribution in [2.75, 3.05) is 19.5 Å². The molecule has 0 atom stereocenters. The van der Waals surface area contributed by atoms with Crippen molar-refractivity contribution in [3.05, 3.63) is 90.1 Å². The number of fused-ring (bicyclic) bond motifs is 3.